The minimum absolute atomic E-state index is 0. The van der Waals surface area contributed by atoms with Crippen LogP contribution in [-0.4, -0.2) is 19.2 Å². The SMILES string of the molecule is CC.CC.CC.CC.CC.CC.O=C(c1ccccc1NS(=O)(=O)c1ccccc1)c1cccc2ccncc12.[CH3-].[Yb]. The summed E-state index contributed by atoms with van der Waals surface area (Å²) in [5.41, 5.74) is 0.979. The van der Waals surface area contributed by atoms with Gasteiger partial charge >= 0.3 is 0 Å². The van der Waals surface area contributed by atoms with Crippen LogP contribution in [0, 0.1) is 54.4 Å². The Morgan fingerprint density at radius 2 is 1.10 bits per heavy atom. The summed E-state index contributed by atoms with van der Waals surface area (Å²) in [6.45, 7) is 24.0. The van der Waals surface area contributed by atoms with Gasteiger partial charge in [-0.1, -0.05) is 132 Å². The summed E-state index contributed by atoms with van der Waals surface area (Å²) in [4.78, 5) is 17.5. The number of aromatic nitrogens is 1. The van der Waals surface area contributed by atoms with Gasteiger partial charge in [0.05, 0.1) is 10.6 Å². The molecule has 42 heavy (non-hydrogen) atoms. The molecule has 0 aliphatic rings. The number of carbonyl (C=O) groups is 1. The van der Waals surface area contributed by atoms with E-state index < -0.39 is 10.0 Å². The van der Waals surface area contributed by atoms with Crippen molar-refractivity contribution in [2.24, 2.45) is 0 Å². The molecule has 5 nitrogen and oxygen atoms in total. The summed E-state index contributed by atoms with van der Waals surface area (Å²) < 4.78 is 27.9. The number of nitrogens with zero attached hydrogens (tertiary/aromatic N) is 1. The van der Waals surface area contributed by atoms with E-state index in [4.69, 9.17) is 0 Å². The fourth-order valence-electron chi connectivity index (χ4n) is 3.03. The predicted octanol–water partition coefficient (Wildman–Crippen LogP) is 10.9. The maximum absolute atomic E-state index is 13.2. The van der Waals surface area contributed by atoms with E-state index in [-0.39, 0.29) is 76.3 Å². The Morgan fingerprint density at radius 1 is 0.619 bits per heavy atom. The minimum Gasteiger partial charge on any atom is -0.358 e. The quantitative estimate of drug-likeness (QED) is 0.163. The van der Waals surface area contributed by atoms with Crippen LogP contribution < -0.4 is 4.72 Å². The molecule has 0 saturated carbocycles. The second-order valence-electron chi connectivity index (χ2n) is 6.20. The fourth-order valence-corrected chi connectivity index (χ4v) is 4.13. The number of rotatable bonds is 5. The Hall–Kier alpha value is -1.99. The van der Waals surface area contributed by atoms with Gasteiger partial charge in [0.15, 0.2) is 5.78 Å². The van der Waals surface area contributed by atoms with Crippen molar-refractivity contribution in [2.75, 3.05) is 4.72 Å². The van der Waals surface area contributed by atoms with Gasteiger partial charge < -0.3 is 7.43 Å². The van der Waals surface area contributed by atoms with Crippen LogP contribution in [0.3, 0.4) is 0 Å². The van der Waals surface area contributed by atoms with Crippen molar-refractivity contribution < 1.29 is 60.1 Å². The molecule has 0 bridgehead atoms. The molecule has 7 heteroatoms. The molecule has 3 aromatic carbocycles. The summed E-state index contributed by atoms with van der Waals surface area (Å²) in [7, 11) is -3.81. The predicted molar refractivity (Wildman–Crippen MR) is 183 cm³/mol. The summed E-state index contributed by atoms with van der Waals surface area (Å²) in [6, 6.07) is 21.9. The first kappa shape index (κ1) is 49.7. The van der Waals surface area contributed by atoms with Crippen LogP contribution in [0.15, 0.2) is 96.2 Å². The Balaban J connectivity index is -0.000000292. The Morgan fingerprint density at radius 3 is 1.64 bits per heavy atom. The zero-order chi connectivity index (χ0) is 31.6. The van der Waals surface area contributed by atoms with Gasteiger partial charge in [-0.05, 0) is 35.7 Å². The van der Waals surface area contributed by atoms with Crippen molar-refractivity contribution in [1.82, 2.24) is 4.98 Å². The van der Waals surface area contributed by atoms with Crippen molar-refractivity contribution in [3.05, 3.63) is 110 Å². The maximum Gasteiger partial charge on any atom is 0.261 e. The third-order valence-corrected chi connectivity index (χ3v) is 5.78. The van der Waals surface area contributed by atoms with Gasteiger partial charge in [0.1, 0.15) is 0 Å². The van der Waals surface area contributed by atoms with E-state index in [2.05, 4.69) is 9.71 Å². The van der Waals surface area contributed by atoms with Crippen LogP contribution in [0.25, 0.3) is 10.8 Å². The first-order valence-corrected chi connectivity index (χ1v) is 16.1. The number of anilines is 1. The molecule has 0 fully saturated rings. The molecule has 1 aromatic heterocycles. The average molecular weight is 757 g/mol. The van der Waals surface area contributed by atoms with E-state index in [1.165, 1.54) is 12.1 Å². The van der Waals surface area contributed by atoms with Crippen LogP contribution in [0.4, 0.5) is 5.69 Å². The smallest absolute Gasteiger partial charge is 0.261 e. The topological polar surface area (TPSA) is 76.1 Å². The van der Waals surface area contributed by atoms with E-state index in [1.54, 1.807) is 67.0 Å². The third kappa shape index (κ3) is 16.0. The van der Waals surface area contributed by atoms with Crippen molar-refractivity contribution >= 4 is 32.3 Å². The Bertz CT molecular complexity index is 1270. The number of para-hydroxylation sites is 1. The van der Waals surface area contributed by atoms with Crippen LogP contribution >= 0.6 is 0 Å². The first-order valence-electron chi connectivity index (χ1n) is 14.6. The van der Waals surface area contributed by atoms with Crippen molar-refractivity contribution in [3.63, 3.8) is 0 Å². The number of sulfonamides is 1. The number of ketones is 1. The van der Waals surface area contributed by atoms with Gasteiger partial charge in [-0.2, -0.15) is 0 Å². The average Bonchev–Trinajstić information content (AvgIpc) is 3.06. The van der Waals surface area contributed by atoms with Gasteiger partial charge in [-0.25, -0.2) is 8.42 Å². The van der Waals surface area contributed by atoms with E-state index in [0.717, 1.165) is 10.8 Å². The number of hydrogen-bond acceptors (Lipinski definition) is 4. The second kappa shape index (κ2) is 31.9. The minimum atomic E-state index is -3.81. The van der Waals surface area contributed by atoms with E-state index in [1.807, 2.05) is 95.2 Å². The Labute approximate surface area is 297 Å². The Kier molecular flexibility index (Phi) is 37.8. The van der Waals surface area contributed by atoms with Crippen molar-refractivity contribution in [1.29, 1.82) is 0 Å². The number of hydrogen-bond donors (Lipinski definition) is 1. The zero-order valence-corrected chi connectivity index (χ0v) is 30.5. The van der Waals surface area contributed by atoms with E-state index >= 15 is 0 Å². The zero-order valence-electron chi connectivity index (χ0n) is 28.0. The number of benzene rings is 3. The number of fused-ring (bicyclic) bond motifs is 1. The molecule has 0 aliphatic heterocycles. The normalized spacial score (nSPS) is 8.38. The summed E-state index contributed by atoms with van der Waals surface area (Å²) in [5, 5.41) is 1.61. The van der Waals surface area contributed by atoms with Gasteiger partial charge in [-0.15, -0.1) is 0 Å². The molecule has 244 valence electrons. The van der Waals surface area contributed by atoms with Gasteiger partial charge in [0.2, 0.25) is 0 Å². The van der Waals surface area contributed by atoms with E-state index in [9.17, 15) is 13.2 Å². The number of nitrogens with one attached hydrogen (secondary N) is 1. The molecule has 4 rings (SSSR count). The van der Waals surface area contributed by atoms with Crippen LogP contribution in [-0.2, 0) is 10.0 Å². The monoisotopic (exact) mass is 757 g/mol. The molecule has 1 heterocycles. The molecule has 0 aliphatic carbocycles. The van der Waals surface area contributed by atoms with Crippen LogP contribution in [0.1, 0.15) is 99.0 Å². The van der Waals surface area contributed by atoms with Gasteiger partial charge in [0, 0.05) is 75.8 Å². The van der Waals surface area contributed by atoms with Crippen molar-refractivity contribution in [3.8, 4) is 0 Å². The van der Waals surface area contributed by atoms with Crippen LogP contribution in [0.5, 0.6) is 0 Å². The van der Waals surface area contributed by atoms with Crippen molar-refractivity contribution in [2.45, 2.75) is 88.0 Å². The molecule has 0 saturated heterocycles. The summed E-state index contributed by atoms with van der Waals surface area (Å²) in [5.74, 6) is -0.273. The standard InChI is InChI=1S/C22H16N2O3S.6C2H6.CH3.Yb/c25-22(18-11-6-7-16-13-14-23-15-20(16)18)19-10-4-5-12-21(19)24-28(26,27)17-8-2-1-3-9-17;6*1-2;;/h1-15,24H;6*1-2H3;1H3;/q;;;;;;;-1;. The molecule has 1 N–H and O–H groups in total. The molecule has 4 aromatic rings. The summed E-state index contributed by atoms with van der Waals surface area (Å²) >= 11 is 0. The molecular formula is C35H55N2O3SYb-. The van der Waals surface area contributed by atoms with Gasteiger partial charge in [0.25, 0.3) is 10.0 Å². The molecule has 0 unspecified atom stereocenters. The molecule has 0 amide bonds. The summed E-state index contributed by atoms with van der Waals surface area (Å²) in [6.07, 6.45) is 3.30. The first-order chi connectivity index (χ1) is 19.6. The molecule has 0 atom stereocenters. The van der Waals surface area contributed by atoms with Gasteiger partial charge in [-0.3, -0.25) is 14.5 Å². The fraction of sp³-hybridized carbons (Fsp3) is 0.343. The molecule has 0 radical (unpaired) electrons. The molecular weight excluding hydrogens is 702 g/mol. The maximum atomic E-state index is 13.2. The second-order valence-corrected chi connectivity index (χ2v) is 7.88. The van der Waals surface area contributed by atoms with E-state index in [0.29, 0.717) is 5.56 Å². The molecule has 0 spiro atoms. The van der Waals surface area contributed by atoms with Crippen LogP contribution in [0.2, 0.25) is 0 Å². The third-order valence-electron chi connectivity index (χ3n) is 4.40. The largest absolute Gasteiger partial charge is 0.358 e. The number of pyridine rings is 1. The number of carbonyl (C=O) groups excluding carboxylic acids is 1.